The molecule has 3 nitrogen and oxygen atoms in total. The number of nitrogens with zero attached hydrogens (tertiary/aromatic N) is 2. The van der Waals surface area contributed by atoms with Crippen LogP contribution in [0.5, 0.6) is 0 Å². The lowest BCUT2D eigenvalue weighted by molar-refractivity contribution is -0.594. The van der Waals surface area contributed by atoms with Crippen molar-refractivity contribution in [2.45, 2.75) is 0 Å². The van der Waals surface area contributed by atoms with Crippen LogP contribution in [0.15, 0.2) is 104 Å². The van der Waals surface area contributed by atoms with Gasteiger partial charge in [-0.15, -0.1) is 0 Å². The van der Waals surface area contributed by atoms with Gasteiger partial charge in [0.2, 0.25) is 5.82 Å². The highest BCUT2D eigenvalue weighted by molar-refractivity contribution is 5.57. The average Bonchev–Trinajstić information content (AvgIpc) is 3.08. The Hall–Kier alpha value is -3.04. The topological polar surface area (TPSA) is 20.8 Å². The molecule has 0 amide bonds. The quantitative estimate of drug-likeness (QED) is 0.555. The van der Waals surface area contributed by atoms with Crippen LogP contribution in [0.1, 0.15) is 0 Å². The van der Waals surface area contributed by atoms with Crippen LogP contribution in [0.3, 0.4) is 0 Å². The maximum atomic E-state index is 3.50. The summed E-state index contributed by atoms with van der Waals surface area (Å²) in [5, 5.41) is 3.50. The predicted molar refractivity (Wildman–Crippen MR) is 97.0 cm³/mol. The molecule has 0 bridgehead atoms. The molecule has 3 aromatic carbocycles. The predicted octanol–water partition coefficient (Wildman–Crippen LogP) is 1.50. The third-order valence-corrected chi connectivity index (χ3v) is 3.90. The summed E-state index contributed by atoms with van der Waals surface area (Å²) >= 11 is 0. The van der Waals surface area contributed by atoms with Crippen LogP contribution >= 0.6 is 0 Å². The van der Waals surface area contributed by atoms with Gasteiger partial charge < -0.3 is 17.7 Å². The molecule has 1 N–H and O–H groups in total. The van der Waals surface area contributed by atoms with E-state index >= 15 is 0 Å². The minimum Gasteiger partial charge on any atom is -1.00 e. The summed E-state index contributed by atoms with van der Waals surface area (Å²) in [6.45, 7) is 0. The molecule has 4 rings (SSSR count). The first kappa shape index (κ1) is 16.8. The first-order chi connectivity index (χ1) is 11.9. The lowest BCUT2D eigenvalue weighted by Gasteiger charge is -2.04. The molecule has 0 aliphatic carbocycles. The number of nitrogens with one attached hydrogen (secondary N) is 1. The van der Waals surface area contributed by atoms with Crippen molar-refractivity contribution in [1.29, 1.82) is 0 Å². The molecule has 0 aliphatic heterocycles. The van der Waals surface area contributed by atoms with Crippen molar-refractivity contribution in [3.8, 4) is 11.4 Å². The van der Waals surface area contributed by atoms with Gasteiger partial charge >= 0.3 is 0 Å². The van der Waals surface area contributed by atoms with Crippen LogP contribution in [0.2, 0.25) is 0 Å². The van der Waals surface area contributed by atoms with E-state index in [9.17, 15) is 0 Å². The molecule has 0 radical (unpaired) electrons. The number of anilines is 2. The third-order valence-electron chi connectivity index (χ3n) is 3.90. The second kappa shape index (κ2) is 7.69. The number of hydrogen-bond acceptors (Lipinski definition) is 1. The van der Waals surface area contributed by atoms with Gasteiger partial charge in [0.25, 0.3) is 6.33 Å². The smallest absolute Gasteiger partial charge is 0.255 e. The fourth-order valence-corrected chi connectivity index (χ4v) is 2.71. The number of halogens is 1. The molecule has 0 saturated carbocycles. The fourth-order valence-electron chi connectivity index (χ4n) is 2.71. The maximum absolute atomic E-state index is 3.50. The molecule has 0 saturated heterocycles. The number of benzene rings is 3. The van der Waals surface area contributed by atoms with Crippen LogP contribution in [-0.2, 0) is 0 Å². The number of para-hydroxylation sites is 3. The van der Waals surface area contributed by atoms with E-state index in [1.165, 1.54) is 0 Å². The van der Waals surface area contributed by atoms with Gasteiger partial charge in [0.15, 0.2) is 6.20 Å². The summed E-state index contributed by atoms with van der Waals surface area (Å²) < 4.78 is 4.28. The molecule has 1 aromatic heterocycles. The lowest BCUT2D eigenvalue weighted by atomic mass is 10.3. The zero-order valence-corrected chi connectivity index (χ0v) is 14.3. The molecule has 1 heterocycles. The highest BCUT2D eigenvalue weighted by Gasteiger charge is 2.16. The second-order valence-electron chi connectivity index (χ2n) is 5.57. The fraction of sp³-hybridized carbons (Fsp3) is 0. The number of aromatic nitrogens is 2. The zero-order valence-electron chi connectivity index (χ0n) is 13.6. The van der Waals surface area contributed by atoms with E-state index in [0.717, 1.165) is 22.9 Å². The maximum Gasteiger partial charge on any atom is 0.255 e. The van der Waals surface area contributed by atoms with Gasteiger partial charge in [-0.05, 0) is 36.4 Å². The Labute approximate surface area is 153 Å². The number of hydrogen-bond donors (Lipinski definition) is 1. The molecule has 4 heteroatoms. The average molecular weight is 348 g/mol. The van der Waals surface area contributed by atoms with E-state index in [4.69, 9.17) is 0 Å². The van der Waals surface area contributed by atoms with Crippen LogP contribution in [-0.4, -0.2) is 4.57 Å². The summed E-state index contributed by atoms with van der Waals surface area (Å²) in [7, 11) is 0. The van der Waals surface area contributed by atoms with Crippen LogP contribution in [0.4, 0.5) is 11.5 Å². The summed E-state index contributed by atoms with van der Waals surface area (Å²) in [4.78, 5) is 0. The molecule has 0 aliphatic rings. The van der Waals surface area contributed by atoms with Gasteiger partial charge in [0, 0.05) is 5.69 Å². The van der Waals surface area contributed by atoms with Crippen LogP contribution in [0, 0.1) is 0 Å². The Kier molecular flexibility index (Phi) is 5.17. The minimum absolute atomic E-state index is 0. The van der Waals surface area contributed by atoms with Crippen molar-refractivity contribution in [2.75, 3.05) is 5.32 Å². The van der Waals surface area contributed by atoms with Crippen molar-refractivity contribution in [3.63, 3.8) is 0 Å². The number of imidazole rings is 1. The van der Waals surface area contributed by atoms with Gasteiger partial charge in [-0.1, -0.05) is 54.6 Å². The monoisotopic (exact) mass is 347 g/mol. The molecule has 4 aromatic rings. The molecule has 0 fully saturated rings. The van der Waals surface area contributed by atoms with E-state index < -0.39 is 0 Å². The van der Waals surface area contributed by atoms with Crippen molar-refractivity contribution in [3.05, 3.63) is 104 Å². The Morgan fingerprint density at radius 2 is 1.24 bits per heavy atom. The SMILES string of the molecule is [Cl-].c1ccc(Nc2c[n+](-c3ccccc3)cn2-c2ccccc2)cc1. The van der Waals surface area contributed by atoms with E-state index in [-0.39, 0.29) is 12.4 Å². The van der Waals surface area contributed by atoms with Gasteiger partial charge in [0.1, 0.15) is 11.4 Å². The van der Waals surface area contributed by atoms with Crippen molar-refractivity contribution >= 4 is 11.5 Å². The van der Waals surface area contributed by atoms with E-state index in [1.54, 1.807) is 0 Å². The summed E-state index contributed by atoms with van der Waals surface area (Å²) in [6, 6.07) is 30.9. The Morgan fingerprint density at radius 3 is 1.88 bits per heavy atom. The minimum atomic E-state index is 0. The summed E-state index contributed by atoms with van der Waals surface area (Å²) in [5.74, 6) is 1.01. The zero-order chi connectivity index (χ0) is 16.2. The highest BCUT2D eigenvalue weighted by atomic mass is 35.5. The first-order valence-electron chi connectivity index (χ1n) is 7.97. The van der Waals surface area contributed by atoms with Crippen molar-refractivity contribution in [1.82, 2.24) is 4.57 Å². The summed E-state index contributed by atoms with van der Waals surface area (Å²) in [5.41, 5.74) is 3.31. The molecule has 0 spiro atoms. The lowest BCUT2D eigenvalue weighted by Crippen LogP contribution is -3.00. The van der Waals surface area contributed by atoms with E-state index in [1.807, 2.05) is 42.5 Å². The standard InChI is InChI=1S/C21H18N3.ClH/c1-4-10-18(11-5-1)22-21-16-23(19-12-6-2-7-13-19)17-24(21)20-14-8-3-9-15-20;/h1-17,22H;1H/q+1;/p-1. The second-order valence-corrected chi connectivity index (χ2v) is 5.57. The van der Waals surface area contributed by atoms with Crippen LogP contribution in [0.25, 0.3) is 11.4 Å². The van der Waals surface area contributed by atoms with E-state index in [2.05, 4.69) is 75.5 Å². The molecule has 124 valence electrons. The highest BCUT2D eigenvalue weighted by Crippen LogP contribution is 2.20. The Balaban J connectivity index is 0.00000182. The van der Waals surface area contributed by atoms with Crippen molar-refractivity contribution < 1.29 is 17.0 Å². The van der Waals surface area contributed by atoms with Gasteiger partial charge in [0.05, 0.1) is 0 Å². The van der Waals surface area contributed by atoms with Crippen molar-refractivity contribution in [2.24, 2.45) is 0 Å². The van der Waals surface area contributed by atoms with Gasteiger partial charge in [-0.3, -0.25) is 0 Å². The van der Waals surface area contributed by atoms with E-state index in [0.29, 0.717) is 0 Å². The molecular formula is C21H18ClN3. The first-order valence-corrected chi connectivity index (χ1v) is 7.97. The Morgan fingerprint density at radius 1 is 0.680 bits per heavy atom. The Bertz CT molecular complexity index is 919. The third kappa shape index (κ3) is 3.73. The van der Waals surface area contributed by atoms with Gasteiger partial charge in [-0.25, -0.2) is 0 Å². The number of rotatable bonds is 4. The molecular weight excluding hydrogens is 330 g/mol. The summed E-state index contributed by atoms with van der Waals surface area (Å²) in [6.07, 6.45) is 4.20. The largest absolute Gasteiger partial charge is 1.00 e. The van der Waals surface area contributed by atoms with Crippen LogP contribution < -0.4 is 22.3 Å². The molecule has 25 heavy (non-hydrogen) atoms. The molecule has 0 unspecified atom stereocenters. The normalized spacial score (nSPS) is 10.1. The van der Waals surface area contributed by atoms with Gasteiger partial charge in [-0.2, -0.15) is 9.13 Å². The molecule has 0 atom stereocenters.